The molecule has 0 fully saturated rings. The largest absolute Gasteiger partial charge is 0.481 e. The van der Waals surface area contributed by atoms with Crippen molar-refractivity contribution in [3.8, 4) is 0 Å². The van der Waals surface area contributed by atoms with Gasteiger partial charge in [0.15, 0.2) is 0 Å². The molecule has 0 radical (unpaired) electrons. The van der Waals surface area contributed by atoms with Crippen LogP contribution in [0.5, 0.6) is 0 Å². The zero-order valence-corrected chi connectivity index (χ0v) is 10.1. The van der Waals surface area contributed by atoms with Crippen LogP contribution in [-0.4, -0.2) is 21.0 Å². The van der Waals surface area contributed by atoms with Crippen LogP contribution in [-0.2, 0) is 4.79 Å². The minimum Gasteiger partial charge on any atom is -0.481 e. The smallest absolute Gasteiger partial charge is 0.305 e. The Balaban J connectivity index is 2.13. The van der Waals surface area contributed by atoms with Crippen molar-refractivity contribution in [1.29, 1.82) is 0 Å². The number of H-pyrrole nitrogens is 1. The number of benzene rings is 1. The van der Waals surface area contributed by atoms with Crippen molar-refractivity contribution in [2.45, 2.75) is 12.5 Å². The summed E-state index contributed by atoms with van der Waals surface area (Å²) in [5, 5.41) is 10.8. The number of hydrogen-bond acceptors (Lipinski definition) is 3. The number of carbonyl (C=O) groups is 1. The van der Waals surface area contributed by atoms with Crippen LogP contribution in [0.25, 0.3) is 21.9 Å². The van der Waals surface area contributed by atoms with Crippen LogP contribution < -0.4 is 5.73 Å². The fraction of sp³-hybridized carbons (Fsp3) is 0.143. The van der Waals surface area contributed by atoms with E-state index in [9.17, 15) is 4.79 Å². The van der Waals surface area contributed by atoms with Gasteiger partial charge in [-0.05, 0) is 29.8 Å². The molecule has 1 unspecified atom stereocenters. The fourth-order valence-electron chi connectivity index (χ4n) is 2.28. The number of carboxylic acids is 1. The fourth-order valence-corrected chi connectivity index (χ4v) is 2.28. The minimum absolute atomic E-state index is 0.0773. The van der Waals surface area contributed by atoms with Gasteiger partial charge in [0.2, 0.25) is 0 Å². The predicted octanol–water partition coefficient (Wildman–Crippen LogP) is 2.19. The summed E-state index contributed by atoms with van der Waals surface area (Å²) in [5.74, 6) is -0.895. The van der Waals surface area contributed by atoms with Crippen molar-refractivity contribution in [2.75, 3.05) is 0 Å². The number of nitrogens with two attached hydrogens (primary N) is 1. The molecule has 2 aromatic heterocycles. The molecule has 0 aliphatic carbocycles. The standard InChI is InChI=1S/C14H13N3O2/c15-11(7-13(18)19)8-3-4-12-10(6-8)9-2-1-5-16-14(9)17-12/h1-6,11H,7,15H2,(H,16,17)(H,18,19). The molecule has 5 nitrogen and oxygen atoms in total. The summed E-state index contributed by atoms with van der Waals surface area (Å²) in [6.45, 7) is 0. The molecule has 1 atom stereocenters. The molecule has 0 amide bonds. The van der Waals surface area contributed by atoms with Crippen LogP contribution in [0, 0.1) is 0 Å². The molecule has 0 aliphatic rings. The number of rotatable bonds is 3. The first kappa shape index (κ1) is 11.7. The van der Waals surface area contributed by atoms with E-state index in [1.54, 1.807) is 6.20 Å². The van der Waals surface area contributed by atoms with Crippen molar-refractivity contribution < 1.29 is 9.90 Å². The molecule has 3 rings (SSSR count). The van der Waals surface area contributed by atoms with Gasteiger partial charge in [-0.2, -0.15) is 0 Å². The first-order valence-electron chi connectivity index (χ1n) is 5.99. The molecule has 19 heavy (non-hydrogen) atoms. The summed E-state index contributed by atoms with van der Waals surface area (Å²) in [7, 11) is 0. The van der Waals surface area contributed by atoms with Gasteiger partial charge in [0.1, 0.15) is 5.65 Å². The lowest BCUT2D eigenvalue weighted by Crippen LogP contribution is -2.14. The Morgan fingerprint density at radius 3 is 3.00 bits per heavy atom. The topological polar surface area (TPSA) is 92.0 Å². The summed E-state index contributed by atoms with van der Waals surface area (Å²) in [4.78, 5) is 18.2. The van der Waals surface area contributed by atoms with Crippen LogP contribution in [0.1, 0.15) is 18.0 Å². The second kappa shape index (κ2) is 4.37. The molecule has 96 valence electrons. The Labute approximate surface area is 109 Å². The van der Waals surface area contributed by atoms with E-state index >= 15 is 0 Å². The normalized spacial score (nSPS) is 12.9. The quantitative estimate of drug-likeness (QED) is 0.669. The van der Waals surface area contributed by atoms with E-state index in [2.05, 4.69) is 9.97 Å². The SMILES string of the molecule is NC(CC(=O)O)c1ccc2[nH]c3ncccc3c2c1. The van der Waals surface area contributed by atoms with Crippen LogP contribution in [0.2, 0.25) is 0 Å². The molecule has 0 aliphatic heterocycles. The minimum atomic E-state index is -0.895. The summed E-state index contributed by atoms with van der Waals surface area (Å²) in [5.41, 5.74) is 8.51. The summed E-state index contributed by atoms with van der Waals surface area (Å²) < 4.78 is 0. The Morgan fingerprint density at radius 2 is 2.21 bits per heavy atom. The number of fused-ring (bicyclic) bond motifs is 3. The van der Waals surface area contributed by atoms with E-state index in [0.29, 0.717) is 0 Å². The second-order valence-corrected chi connectivity index (χ2v) is 4.53. The summed E-state index contributed by atoms with van der Waals surface area (Å²) in [6, 6.07) is 9.05. The van der Waals surface area contributed by atoms with Gasteiger partial charge >= 0.3 is 5.97 Å². The van der Waals surface area contributed by atoms with E-state index in [1.165, 1.54) is 0 Å². The number of aliphatic carboxylic acids is 1. The molecule has 0 spiro atoms. The zero-order chi connectivity index (χ0) is 13.4. The maximum Gasteiger partial charge on any atom is 0.305 e. The Kier molecular flexibility index (Phi) is 2.68. The lowest BCUT2D eigenvalue weighted by molar-refractivity contribution is -0.137. The molecule has 5 heteroatoms. The number of nitrogens with one attached hydrogen (secondary N) is 1. The summed E-state index contributed by atoms with van der Waals surface area (Å²) in [6.07, 6.45) is 1.65. The molecule has 0 saturated carbocycles. The van der Waals surface area contributed by atoms with Gasteiger partial charge in [0.05, 0.1) is 6.42 Å². The van der Waals surface area contributed by atoms with Crippen LogP contribution in [0.3, 0.4) is 0 Å². The third-order valence-electron chi connectivity index (χ3n) is 3.22. The Hall–Kier alpha value is -2.40. The van der Waals surface area contributed by atoms with E-state index in [4.69, 9.17) is 10.8 Å². The van der Waals surface area contributed by atoms with Crippen molar-refractivity contribution >= 4 is 27.9 Å². The van der Waals surface area contributed by atoms with Crippen LogP contribution >= 0.6 is 0 Å². The van der Waals surface area contributed by atoms with Gasteiger partial charge in [-0.15, -0.1) is 0 Å². The first-order chi connectivity index (χ1) is 9.15. The van der Waals surface area contributed by atoms with Gasteiger partial charge in [-0.1, -0.05) is 6.07 Å². The van der Waals surface area contributed by atoms with Crippen molar-refractivity contribution in [2.24, 2.45) is 5.73 Å². The third kappa shape index (κ3) is 2.04. The molecule has 4 N–H and O–H groups in total. The molecular weight excluding hydrogens is 242 g/mol. The summed E-state index contributed by atoms with van der Waals surface area (Å²) >= 11 is 0. The molecule has 0 saturated heterocycles. The number of aromatic nitrogens is 2. The highest BCUT2D eigenvalue weighted by atomic mass is 16.4. The van der Waals surface area contributed by atoms with E-state index in [1.807, 2.05) is 30.3 Å². The number of hydrogen-bond donors (Lipinski definition) is 3. The zero-order valence-electron chi connectivity index (χ0n) is 10.1. The monoisotopic (exact) mass is 255 g/mol. The number of nitrogens with zero attached hydrogens (tertiary/aromatic N) is 1. The van der Waals surface area contributed by atoms with E-state index in [-0.39, 0.29) is 6.42 Å². The van der Waals surface area contributed by atoms with Crippen molar-refractivity contribution in [1.82, 2.24) is 9.97 Å². The average Bonchev–Trinajstić information content (AvgIpc) is 2.75. The van der Waals surface area contributed by atoms with Gasteiger partial charge < -0.3 is 15.8 Å². The lowest BCUT2D eigenvalue weighted by Gasteiger charge is -2.09. The number of pyridine rings is 1. The first-order valence-corrected chi connectivity index (χ1v) is 5.99. The lowest BCUT2D eigenvalue weighted by atomic mass is 10.0. The molecule has 1 aromatic carbocycles. The van der Waals surface area contributed by atoms with E-state index < -0.39 is 12.0 Å². The predicted molar refractivity (Wildman–Crippen MR) is 72.8 cm³/mol. The maximum atomic E-state index is 10.7. The third-order valence-corrected chi connectivity index (χ3v) is 3.22. The van der Waals surface area contributed by atoms with Crippen molar-refractivity contribution in [3.63, 3.8) is 0 Å². The highest BCUT2D eigenvalue weighted by molar-refractivity contribution is 6.05. The molecule has 3 aromatic rings. The Bertz CT molecular complexity index is 764. The van der Waals surface area contributed by atoms with Gasteiger partial charge in [-0.3, -0.25) is 4.79 Å². The van der Waals surface area contributed by atoms with Crippen LogP contribution in [0.4, 0.5) is 0 Å². The molecular formula is C14H13N3O2. The maximum absolute atomic E-state index is 10.7. The van der Waals surface area contributed by atoms with Crippen LogP contribution in [0.15, 0.2) is 36.5 Å². The molecule has 0 bridgehead atoms. The highest BCUT2D eigenvalue weighted by Crippen LogP contribution is 2.27. The second-order valence-electron chi connectivity index (χ2n) is 4.53. The number of aromatic amines is 1. The Morgan fingerprint density at radius 1 is 1.37 bits per heavy atom. The molecule has 2 heterocycles. The van der Waals surface area contributed by atoms with Gasteiger partial charge in [0, 0.05) is 28.5 Å². The highest BCUT2D eigenvalue weighted by Gasteiger charge is 2.12. The van der Waals surface area contributed by atoms with E-state index in [0.717, 1.165) is 27.5 Å². The average molecular weight is 255 g/mol. The van der Waals surface area contributed by atoms with Crippen molar-refractivity contribution in [3.05, 3.63) is 42.1 Å². The number of carboxylic acid groups (broad SMARTS) is 1. The van der Waals surface area contributed by atoms with Gasteiger partial charge in [-0.25, -0.2) is 4.98 Å². The van der Waals surface area contributed by atoms with Gasteiger partial charge in [0.25, 0.3) is 0 Å².